The van der Waals surface area contributed by atoms with E-state index in [1.165, 1.54) is 18.1 Å². The van der Waals surface area contributed by atoms with Gasteiger partial charge in [-0.1, -0.05) is 18.2 Å². The largest absolute Gasteiger partial charge is 0.495 e. The van der Waals surface area contributed by atoms with Crippen molar-refractivity contribution in [1.82, 2.24) is 4.90 Å². The van der Waals surface area contributed by atoms with Gasteiger partial charge in [0.1, 0.15) is 5.75 Å². The van der Waals surface area contributed by atoms with E-state index in [2.05, 4.69) is 4.72 Å². The van der Waals surface area contributed by atoms with E-state index in [-0.39, 0.29) is 30.0 Å². The first-order valence-electron chi connectivity index (χ1n) is 9.15. The van der Waals surface area contributed by atoms with Crippen LogP contribution in [0.15, 0.2) is 47.4 Å². The Labute approximate surface area is 169 Å². The second kappa shape index (κ2) is 8.40. The molecule has 1 heterocycles. The molecule has 1 aliphatic heterocycles. The van der Waals surface area contributed by atoms with Crippen LogP contribution in [-0.2, 0) is 10.0 Å². The minimum atomic E-state index is -3.97. The average Bonchev–Trinajstić information content (AvgIpc) is 2.70. The topological polar surface area (TPSA) is 116 Å². The minimum Gasteiger partial charge on any atom is -0.495 e. The third kappa shape index (κ3) is 4.52. The molecule has 0 aliphatic carbocycles. The first kappa shape index (κ1) is 21.1. The van der Waals surface area contributed by atoms with Crippen molar-refractivity contribution in [2.24, 2.45) is 0 Å². The SMILES string of the molecule is COc1ccccc1NS(=O)(=O)c1cc(C(=O)N2CC[C@@H](O)[C@@H](O)C2)ccc1C. The van der Waals surface area contributed by atoms with Crippen molar-refractivity contribution in [1.29, 1.82) is 0 Å². The number of para-hydroxylation sites is 2. The first-order chi connectivity index (χ1) is 13.7. The molecule has 3 N–H and O–H groups in total. The number of likely N-dealkylation sites (tertiary alicyclic amines) is 1. The number of carbonyl (C=O) groups is 1. The molecule has 29 heavy (non-hydrogen) atoms. The maximum atomic E-state index is 13.0. The van der Waals surface area contributed by atoms with Crippen LogP contribution in [0.2, 0.25) is 0 Å². The Balaban J connectivity index is 1.89. The van der Waals surface area contributed by atoms with E-state index in [0.29, 0.717) is 17.0 Å². The van der Waals surface area contributed by atoms with Gasteiger partial charge in [-0.2, -0.15) is 0 Å². The van der Waals surface area contributed by atoms with Crippen LogP contribution in [0.5, 0.6) is 5.75 Å². The Morgan fingerprint density at radius 2 is 1.90 bits per heavy atom. The standard InChI is InChI=1S/C20H24N2O6S/c1-13-7-8-14(20(25)22-10-9-16(23)17(24)12-22)11-19(13)29(26,27)21-15-5-3-4-6-18(15)28-2/h3-8,11,16-17,21,23-24H,9-10,12H2,1-2H3/t16-,17+/m1/s1. The van der Waals surface area contributed by atoms with Gasteiger partial charge in [0.25, 0.3) is 15.9 Å². The zero-order valence-corrected chi connectivity index (χ0v) is 17.0. The number of rotatable bonds is 5. The lowest BCUT2D eigenvalue weighted by molar-refractivity contribution is -0.0321. The Kier molecular flexibility index (Phi) is 6.11. The fourth-order valence-electron chi connectivity index (χ4n) is 3.24. The lowest BCUT2D eigenvalue weighted by Crippen LogP contribution is -2.49. The number of ether oxygens (including phenoxy) is 1. The molecule has 1 aliphatic rings. The quantitative estimate of drug-likeness (QED) is 0.673. The zero-order chi connectivity index (χ0) is 21.2. The molecule has 0 spiro atoms. The monoisotopic (exact) mass is 420 g/mol. The number of amides is 1. The maximum absolute atomic E-state index is 13.0. The maximum Gasteiger partial charge on any atom is 0.262 e. The summed E-state index contributed by atoms with van der Waals surface area (Å²) < 4.78 is 33.6. The molecule has 0 aromatic heterocycles. The third-order valence-electron chi connectivity index (χ3n) is 4.91. The van der Waals surface area contributed by atoms with Crippen LogP contribution in [-0.4, -0.2) is 61.8 Å². The highest BCUT2D eigenvalue weighted by molar-refractivity contribution is 7.92. The number of benzene rings is 2. The van der Waals surface area contributed by atoms with Gasteiger partial charge in [-0.05, 0) is 43.2 Å². The third-order valence-corrected chi connectivity index (χ3v) is 6.42. The molecule has 0 unspecified atom stereocenters. The van der Waals surface area contributed by atoms with Crippen molar-refractivity contribution < 1.29 is 28.2 Å². The van der Waals surface area contributed by atoms with Crippen molar-refractivity contribution in [2.75, 3.05) is 24.9 Å². The van der Waals surface area contributed by atoms with E-state index in [1.807, 2.05) is 0 Å². The zero-order valence-electron chi connectivity index (χ0n) is 16.2. The number of hydrogen-bond donors (Lipinski definition) is 3. The normalized spacial score (nSPS) is 19.7. The summed E-state index contributed by atoms with van der Waals surface area (Å²) in [4.78, 5) is 14.2. The number of methoxy groups -OCH3 is 1. The van der Waals surface area contributed by atoms with Gasteiger partial charge < -0.3 is 19.8 Å². The van der Waals surface area contributed by atoms with Crippen molar-refractivity contribution in [3.05, 3.63) is 53.6 Å². The van der Waals surface area contributed by atoms with Gasteiger partial charge in [0.2, 0.25) is 0 Å². The van der Waals surface area contributed by atoms with Crippen LogP contribution in [0, 0.1) is 6.92 Å². The molecule has 2 aromatic rings. The summed E-state index contributed by atoms with van der Waals surface area (Å²) >= 11 is 0. The van der Waals surface area contributed by atoms with E-state index in [1.54, 1.807) is 43.3 Å². The highest BCUT2D eigenvalue weighted by atomic mass is 32.2. The number of aryl methyl sites for hydroxylation is 1. The first-order valence-corrected chi connectivity index (χ1v) is 10.6. The minimum absolute atomic E-state index is 0.00454. The fourth-order valence-corrected chi connectivity index (χ4v) is 4.58. The number of nitrogens with zero attached hydrogens (tertiary/aromatic N) is 1. The highest BCUT2D eigenvalue weighted by Gasteiger charge is 2.30. The number of β-amino-alcohol motifs (C(OH)–C–C–N with tert-alkyl or cyclic N) is 1. The van der Waals surface area contributed by atoms with Crippen LogP contribution in [0.1, 0.15) is 22.3 Å². The van der Waals surface area contributed by atoms with Crippen molar-refractivity contribution in [3.8, 4) is 5.75 Å². The lowest BCUT2D eigenvalue weighted by Gasteiger charge is -2.33. The summed E-state index contributed by atoms with van der Waals surface area (Å²) in [6, 6.07) is 11.1. The van der Waals surface area contributed by atoms with Crippen LogP contribution >= 0.6 is 0 Å². The van der Waals surface area contributed by atoms with Crippen LogP contribution in [0.4, 0.5) is 5.69 Å². The average molecular weight is 420 g/mol. The summed E-state index contributed by atoms with van der Waals surface area (Å²) in [5.74, 6) is -0.0217. The van der Waals surface area contributed by atoms with E-state index in [0.717, 1.165) is 0 Å². The lowest BCUT2D eigenvalue weighted by atomic mass is 10.0. The number of nitrogens with one attached hydrogen (secondary N) is 1. The Morgan fingerprint density at radius 1 is 1.17 bits per heavy atom. The Morgan fingerprint density at radius 3 is 2.59 bits per heavy atom. The van der Waals surface area contributed by atoms with Crippen LogP contribution in [0.3, 0.4) is 0 Å². The molecule has 1 saturated heterocycles. The number of anilines is 1. The van der Waals surface area contributed by atoms with Crippen molar-refractivity contribution in [3.63, 3.8) is 0 Å². The summed E-state index contributed by atoms with van der Waals surface area (Å²) in [6.07, 6.45) is -1.62. The highest BCUT2D eigenvalue weighted by Crippen LogP contribution is 2.28. The molecular formula is C20H24N2O6S. The molecule has 156 valence electrons. The van der Waals surface area contributed by atoms with Gasteiger partial charge >= 0.3 is 0 Å². The van der Waals surface area contributed by atoms with Gasteiger partial charge in [-0.25, -0.2) is 8.42 Å². The predicted octanol–water partition coefficient (Wildman–Crippen LogP) is 1.37. The molecule has 0 saturated carbocycles. The number of sulfonamides is 1. The van der Waals surface area contributed by atoms with E-state index >= 15 is 0 Å². The van der Waals surface area contributed by atoms with Crippen molar-refractivity contribution in [2.45, 2.75) is 30.4 Å². The smallest absolute Gasteiger partial charge is 0.262 e. The van der Waals surface area contributed by atoms with Crippen LogP contribution < -0.4 is 9.46 Å². The molecule has 3 rings (SSSR count). The molecule has 0 bridgehead atoms. The molecule has 1 amide bonds. The second-order valence-corrected chi connectivity index (χ2v) is 8.61. The van der Waals surface area contributed by atoms with E-state index < -0.39 is 28.1 Å². The second-order valence-electron chi connectivity index (χ2n) is 6.96. The number of hydrogen-bond acceptors (Lipinski definition) is 6. The van der Waals surface area contributed by atoms with Gasteiger partial charge in [0.05, 0.1) is 29.9 Å². The van der Waals surface area contributed by atoms with E-state index in [9.17, 15) is 23.4 Å². The molecule has 1 fully saturated rings. The van der Waals surface area contributed by atoms with E-state index in [4.69, 9.17) is 4.74 Å². The summed E-state index contributed by atoms with van der Waals surface area (Å²) in [7, 11) is -2.53. The molecule has 0 radical (unpaired) electrons. The van der Waals surface area contributed by atoms with Gasteiger partial charge in [0.15, 0.2) is 0 Å². The number of piperidine rings is 1. The summed E-state index contributed by atoms with van der Waals surface area (Å²) in [5.41, 5.74) is 0.969. The summed E-state index contributed by atoms with van der Waals surface area (Å²) in [5, 5.41) is 19.5. The van der Waals surface area contributed by atoms with Crippen molar-refractivity contribution >= 4 is 21.6 Å². The van der Waals surface area contributed by atoms with Gasteiger partial charge in [-0.15, -0.1) is 0 Å². The number of aliphatic hydroxyl groups excluding tert-OH is 2. The summed E-state index contributed by atoms with van der Waals surface area (Å²) in [6.45, 7) is 1.92. The molecule has 2 aromatic carbocycles. The van der Waals surface area contributed by atoms with Gasteiger partial charge in [0, 0.05) is 18.7 Å². The predicted molar refractivity (Wildman–Crippen MR) is 108 cm³/mol. The molecule has 9 heteroatoms. The Hall–Kier alpha value is -2.62. The number of carbonyl (C=O) groups excluding carboxylic acids is 1. The van der Waals surface area contributed by atoms with Crippen LogP contribution in [0.25, 0.3) is 0 Å². The molecule has 8 nitrogen and oxygen atoms in total. The van der Waals surface area contributed by atoms with Gasteiger partial charge in [-0.3, -0.25) is 9.52 Å². The fraction of sp³-hybridized carbons (Fsp3) is 0.350. The Bertz CT molecular complexity index is 1010. The molecule has 2 atom stereocenters. The number of aliphatic hydroxyl groups is 2. The molecular weight excluding hydrogens is 396 g/mol.